The lowest BCUT2D eigenvalue weighted by Crippen LogP contribution is -2.36. The molecule has 0 saturated carbocycles. The van der Waals surface area contributed by atoms with Crippen molar-refractivity contribution >= 4 is 28.7 Å². The lowest BCUT2D eigenvalue weighted by atomic mass is 9.91. The second-order valence-electron chi connectivity index (χ2n) is 6.51. The molecule has 0 aromatic heterocycles. The summed E-state index contributed by atoms with van der Waals surface area (Å²) in [5.41, 5.74) is 2.27. The molecule has 2 aliphatic rings. The maximum atomic E-state index is 12.4. The molecular formula is C20H20N2O2. The maximum Gasteiger partial charge on any atom is 0.261 e. The van der Waals surface area contributed by atoms with E-state index in [-0.39, 0.29) is 11.8 Å². The fraction of sp³-hybridized carbons (Fsp3) is 0.300. The summed E-state index contributed by atoms with van der Waals surface area (Å²) in [7, 11) is 1.54. The van der Waals surface area contributed by atoms with E-state index in [1.807, 2.05) is 24.3 Å². The first-order chi connectivity index (χ1) is 11.7. The Labute approximate surface area is 141 Å². The Bertz CT molecular complexity index is 841. The Balaban J connectivity index is 1.82. The van der Waals surface area contributed by atoms with Crippen LogP contribution in [0.3, 0.4) is 0 Å². The minimum absolute atomic E-state index is 0.227. The predicted molar refractivity (Wildman–Crippen MR) is 94.8 cm³/mol. The summed E-state index contributed by atoms with van der Waals surface area (Å²) in [4.78, 5) is 28.3. The third kappa shape index (κ3) is 2.30. The lowest BCUT2D eigenvalue weighted by molar-refractivity contribution is 0.0650. The van der Waals surface area contributed by atoms with E-state index >= 15 is 0 Å². The Kier molecular flexibility index (Phi) is 3.60. The Morgan fingerprint density at radius 2 is 1.62 bits per heavy atom. The maximum absolute atomic E-state index is 12.4. The summed E-state index contributed by atoms with van der Waals surface area (Å²) in [6, 6.07) is 9.50. The topological polar surface area (TPSA) is 40.6 Å². The first-order valence-corrected chi connectivity index (χ1v) is 8.47. The molecule has 2 amide bonds. The van der Waals surface area contributed by atoms with Crippen LogP contribution < -0.4 is 0 Å². The number of nitrogens with zero attached hydrogens (tertiary/aromatic N) is 2. The van der Waals surface area contributed by atoms with Gasteiger partial charge in [0.1, 0.15) is 0 Å². The molecule has 0 spiro atoms. The Morgan fingerprint density at radius 1 is 0.917 bits per heavy atom. The number of imide groups is 1. The molecule has 0 radical (unpaired) electrons. The molecule has 4 nitrogen and oxygen atoms in total. The van der Waals surface area contributed by atoms with Gasteiger partial charge in [0.05, 0.1) is 0 Å². The van der Waals surface area contributed by atoms with Crippen molar-refractivity contribution in [2.75, 3.05) is 20.1 Å². The quantitative estimate of drug-likeness (QED) is 0.795. The van der Waals surface area contributed by atoms with E-state index in [1.54, 1.807) is 6.07 Å². The number of piperidine rings is 1. The molecule has 2 aliphatic heterocycles. The van der Waals surface area contributed by atoms with Gasteiger partial charge in [-0.1, -0.05) is 18.2 Å². The number of rotatable bonds is 2. The number of amides is 2. The molecule has 2 aromatic rings. The van der Waals surface area contributed by atoms with Gasteiger partial charge >= 0.3 is 0 Å². The number of carbonyl (C=O) groups excluding carboxylic acids is 2. The van der Waals surface area contributed by atoms with Gasteiger partial charge in [-0.25, -0.2) is 0 Å². The number of benzene rings is 2. The zero-order chi connectivity index (χ0) is 16.7. The van der Waals surface area contributed by atoms with Gasteiger partial charge in [-0.3, -0.25) is 14.5 Å². The summed E-state index contributed by atoms with van der Waals surface area (Å²) in [6.07, 6.45) is 8.03. The molecule has 0 N–H and O–H groups in total. The van der Waals surface area contributed by atoms with Crippen LogP contribution in [-0.4, -0.2) is 41.8 Å². The number of hydrogen-bond donors (Lipinski definition) is 0. The second-order valence-corrected chi connectivity index (χ2v) is 6.51. The van der Waals surface area contributed by atoms with Crippen molar-refractivity contribution in [3.8, 4) is 0 Å². The second kappa shape index (κ2) is 5.78. The van der Waals surface area contributed by atoms with E-state index < -0.39 is 0 Å². The van der Waals surface area contributed by atoms with Gasteiger partial charge in [0, 0.05) is 36.7 Å². The van der Waals surface area contributed by atoms with Crippen LogP contribution in [0.5, 0.6) is 0 Å². The minimum atomic E-state index is -0.227. The lowest BCUT2D eigenvalue weighted by Gasteiger charge is -2.25. The van der Waals surface area contributed by atoms with Crippen molar-refractivity contribution in [1.29, 1.82) is 0 Å². The smallest absolute Gasteiger partial charge is 0.261 e. The summed E-state index contributed by atoms with van der Waals surface area (Å²) in [5.74, 6) is -0.453. The van der Waals surface area contributed by atoms with Crippen molar-refractivity contribution in [3.63, 3.8) is 0 Å². The van der Waals surface area contributed by atoms with E-state index in [0.29, 0.717) is 11.1 Å². The molecule has 122 valence electrons. The van der Waals surface area contributed by atoms with E-state index in [2.05, 4.69) is 17.2 Å². The molecule has 4 heteroatoms. The highest BCUT2D eigenvalue weighted by atomic mass is 16.2. The highest BCUT2D eigenvalue weighted by molar-refractivity contribution is 6.26. The van der Waals surface area contributed by atoms with Crippen molar-refractivity contribution in [3.05, 3.63) is 53.2 Å². The average molecular weight is 320 g/mol. The molecule has 4 rings (SSSR count). The number of carbonyl (C=O) groups is 2. The van der Waals surface area contributed by atoms with Crippen molar-refractivity contribution in [2.24, 2.45) is 0 Å². The van der Waals surface area contributed by atoms with E-state index in [4.69, 9.17) is 0 Å². The zero-order valence-electron chi connectivity index (χ0n) is 13.8. The van der Waals surface area contributed by atoms with Gasteiger partial charge in [0.2, 0.25) is 0 Å². The van der Waals surface area contributed by atoms with Gasteiger partial charge in [0.15, 0.2) is 0 Å². The van der Waals surface area contributed by atoms with Gasteiger partial charge in [-0.05, 0) is 54.6 Å². The molecular weight excluding hydrogens is 300 g/mol. The highest BCUT2D eigenvalue weighted by Crippen LogP contribution is 2.32. The van der Waals surface area contributed by atoms with E-state index in [1.165, 1.54) is 31.2 Å². The zero-order valence-corrected chi connectivity index (χ0v) is 13.8. The fourth-order valence-corrected chi connectivity index (χ4v) is 3.64. The third-order valence-electron chi connectivity index (χ3n) is 5.00. The van der Waals surface area contributed by atoms with Crippen molar-refractivity contribution < 1.29 is 9.59 Å². The summed E-state index contributed by atoms with van der Waals surface area (Å²) in [6.45, 7) is 2.19. The van der Waals surface area contributed by atoms with Crippen LogP contribution in [0, 0.1) is 0 Å². The number of hydrogen-bond acceptors (Lipinski definition) is 3. The van der Waals surface area contributed by atoms with Gasteiger partial charge in [0.25, 0.3) is 11.8 Å². The van der Waals surface area contributed by atoms with Gasteiger partial charge < -0.3 is 4.90 Å². The Hall–Kier alpha value is -2.62. The molecule has 2 heterocycles. The Morgan fingerprint density at radius 3 is 2.38 bits per heavy atom. The van der Waals surface area contributed by atoms with Crippen LogP contribution in [0.2, 0.25) is 0 Å². The summed E-state index contributed by atoms with van der Waals surface area (Å²) in [5, 5.41) is 1.75. The van der Waals surface area contributed by atoms with Crippen LogP contribution in [0.1, 0.15) is 45.5 Å². The van der Waals surface area contributed by atoms with Crippen molar-refractivity contribution in [1.82, 2.24) is 9.80 Å². The van der Waals surface area contributed by atoms with E-state index in [0.717, 1.165) is 29.4 Å². The van der Waals surface area contributed by atoms with E-state index in [9.17, 15) is 9.59 Å². The van der Waals surface area contributed by atoms with Crippen LogP contribution in [-0.2, 0) is 0 Å². The normalized spacial score (nSPS) is 18.0. The molecule has 0 atom stereocenters. The van der Waals surface area contributed by atoms with Crippen LogP contribution in [0.15, 0.2) is 36.5 Å². The van der Waals surface area contributed by atoms with Gasteiger partial charge in [-0.15, -0.1) is 0 Å². The average Bonchev–Trinajstić information content (AvgIpc) is 2.63. The first-order valence-electron chi connectivity index (χ1n) is 8.47. The van der Waals surface area contributed by atoms with Crippen LogP contribution >= 0.6 is 0 Å². The molecule has 24 heavy (non-hydrogen) atoms. The highest BCUT2D eigenvalue weighted by Gasteiger charge is 2.30. The van der Waals surface area contributed by atoms with Crippen LogP contribution in [0.4, 0.5) is 0 Å². The SMILES string of the molecule is CN1C(=O)c2cccc3c(/C=C/N4CCCCC4)ccc(c23)C1=O. The molecule has 1 fully saturated rings. The molecule has 0 aliphatic carbocycles. The third-order valence-corrected chi connectivity index (χ3v) is 5.00. The van der Waals surface area contributed by atoms with Crippen LogP contribution in [0.25, 0.3) is 16.8 Å². The molecule has 0 bridgehead atoms. The number of likely N-dealkylation sites (tertiary alicyclic amines) is 1. The monoisotopic (exact) mass is 320 g/mol. The molecule has 0 unspecified atom stereocenters. The molecule has 1 saturated heterocycles. The predicted octanol–water partition coefficient (Wildman–Crippen LogP) is 3.52. The largest absolute Gasteiger partial charge is 0.377 e. The first kappa shape index (κ1) is 14.9. The van der Waals surface area contributed by atoms with Gasteiger partial charge in [-0.2, -0.15) is 0 Å². The fourth-order valence-electron chi connectivity index (χ4n) is 3.64. The van der Waals surface area contributed by atoms with Crippen molar-refractivity contribution in [2.45, 2.75) is 19.3 Å². The minimum Gasteiger partial charge on any atom is -0.377 e. The summed E-state index contributed by atoms with van der Waals surface area (Å²) < 4.78 is 0. The molecule has 2 aromatic carbocycles. The summed E-state index contributed by atoms with van der Waals surface area (Å²) >= 11 is 0. The standard InChI is InChI=1S/C20H20N2O2/c1-21-19(23)16-7-5-6-15-14(8-9-17(18(15)16)20(21)24)10-13-22-11-3-2-4-12-22/h5-10,13H,2-4,11-12H2,1H3/b13-10+.